The molecule has 1 amide bonds. The van der Waals surface area contributed by atoms with Gasteiger partial charge in [0.05, 0.1) is 11.9 Å². The van der Waals surface area contributed by atoms with Crippen LogP contribution in [0.15, 0.2) is 51.7 Å². The normalized spacial score (nSPS) is 16.3. The molecule has 4 heterocycles. The van der Waals surface area contributed by atoms with Gasteiger partial charge in [-0.3, -0.25) is 9.48 Å². The molecule has 1 aliphatic heterocycles. The molecule has 1 unspecified atom stereocenters. The Kier molecular flexibility index (Phi) is 5.76. The van der Waals surface area contributed by atoms with Gasteiger partial charge in [-0.1, -0.05) is 28.9 Å². The van der Waals surface area contributed by atoms with E-state index in [9.17, 15) is 4.79 Å². The summed E-state index contributed by atoms with van der Waals surface area (Å²) in [6.07, 6.45) is 6.92. The van der Waals surface area contributed by atoms with E-state index in [2.05, 4.69) is 15.2 Å². The molecule has 1 aliphatic rings. The summed E-state index contributed by atoms with van der Waals surface area (Å²) in [6, 6.07) is 9.08. The van der Waals surface area contributed by atoms with Crippen molar-refractivity contribution in [3.63, 3.8) is 0 Å². The molecule has 1 aromatic carbocycles. The summed E-state index contributed by atoms with van der Waals surface area (Å²) in [6.45, 7) is 2.51. The fourth-order valence-electron chi connectivity index (χ4n) is 4.29. The molecule has 33 heavy (non-hydrogen) atoms. The number of rotatable bonds is 5. The fraction of sp³-hybridized carbons (Fsp3) is 0.333. The number of aryl methyl sites for hydroxylation is 2. The highest BCUT2D eigenvalue weighted by Gasteiger charge is 2.34. The number of aromatic nitrogens is 4. The maximum absolute atomic E-state index is 13.3. The van der Waals surface area contributed by atoms with Crippen molar-refractivity contribution in [3.8, 4) is 11.3 Å². The lowest BCUT2D eigenvalue weighted by atomic mass is 10.0. The molecule has 0 N–H and O–H groups in total. The summed E-state index contributed by atoms with van der Waals surface area (Å²) < 4.78 is 13.2. The van der Waals surface area contributed by atoms with E-state index in [1.807, 2.05) is 44.4 Å². The molecule has 0 aliphatic carbocycles. The second kappa shape index (κ2) is 8.86. The molecule has 1 saturated heterocycles. The van der Waals surface area contributed by atoms with E-state index in [-0.39, 0.29) is 17.7 Å². The van der Waals surface area contributed by atoms with Gasteiger partial charge in [0.1, 0.15) is 17.5 Å². The quantitative estimate of drug-likeness (QED) is 0.412. The van der Waals surface area contributed by atoms with Crippen LogP contribution in [0.1, 0.15) is 58.8 Å². The van der Waals surface area contributed by atoms with Crippen LogP contribution in [-0.2, 0) is 13.5 Å². The predicted molar refractivity (Wildman–Crippen MR) is 122 cm³/mol. The van der Waals surface area contributed by atoms with Gasteiger partial charge in [0.2, 0.25) is 11.7 Å². The number of hydrogen-bond donors (Lipinski definition) is 0. The number of likely N-dealkylation sites (tertiary alicyclic amines) is 1. The molecule has 9 heteroatoms. The van der Waals surface area contributed by atoms with Crippen LogP contribution in [0, 0.1) is 6.92 Å². The number of carbonyl (C=O) groups is 1. The number of benzene rings is 1. The minimum Gasteiger partial charge on any atom is -0.443 e. The number of hydrogen-bond acceptors (Lipinski definition) is 6. The lowest BCUT2D eigenvalue weighted by Gasteiger charge is -2.32. The first-order valence-corrected chi connectivity index (χ1v) is 11.3. The van der Waals surface area contributed by atoms with Crippen LogP contribution < -0.4 is 0 Å². The van der Waals surface area contributed by atoms with Crippen molar-refractivity contribution in [2.75, 3.05) is 6.54 Å². The third-order valence-corrected chi connectivity index (χ3v) is 6.17. The Morgan fingerprint density at radius 1 is 1.24 bits per heavy atom. The molecule has 5 rings (SSSR count). The van der Waals surface area contributed by atoms with Crippen LogP contribution in [0.4, 0.5) is 0 Å². The van der Waals surface area contributed by atoms with Crippen molar-refractivity contribution in [3.05, 3.63) is 76.4 Å². The van der Waals surface area contributed by atoms with Crippen molar-refractivity contribution >= 4 is 17.5 Å². The lowest BCUT2D eigenvalue weighted by Crippen LogP contribution is -2.38. The minimum absolute atomic E-state index is 0.202. The number of oxazole rings is 1. The number of piperidine rings is 1. The molecule has 170 valence electrons. The van der Waals surface area contributed by atoms with E-state index < -0.39 is 0 Å². The third-order valence-electron chi connectivity index (χ3n) is 5.92. The number of halogens is 1. The van der Waals surface area contributed by atoms with Crippen molar-refractivity contribution < 1.29 is 13.7 Å². The molecular formula is C24H24ClN5O3. The second-order valence-corrected chi connectivity index (χ2v) is 8.79. The van der Waals surface area contributed by atoms with Crippen molar-refractivity contribution in [1.82, 2.24) is 24.8 Å². The molecule has 0 spiro atoms. The third kappa shape index (κ3) is 4.43. The Labute approximate surface area is 196 Å². The standard InChI is InChI=1S/C24H24ClN5O3/c1-15-19(14-29(2)27-15)20-12-22(33-28-20)24(31)30-10-4-3-5-21(30)23-26-13-18(32-23)11-16-6-8-17(25)9-7-16/h6-9,12-14,21H,3-5,10-11H2,1-2H3. The summed E-state index contributed by atoms with van der Waals surface area (Å²) in [4.78, 5) is 19.6. The number of amides is 1. The molecule has 0 saturated carbocycles. The summed E-state index contributed by atoms with van der Waals surface area (Å²) >= 11 is 5.97. The lowest BCUT2D eigenvalue weighted by molar-refractivity contribution is 0.0528. The minimum atomic E-state index is -0.237. The van der Waals surface area contributed by atoms with E-state index in [1.165, 1.54) is 0 Å². The van der Waals surface area contributed by atoms with Crippen LogP contribution in [-0.4, -0.2) is 37.3 Å². The topological polar surface area (TPSA) is 90.2 Å². The zero-order chi connectivity index (χ0) is 22.9. The molecule has 4 aromatic rings. The molecule has 0 bridgehead atoms. The summed E-state index contributed by atoms with van der Waals surface area (Å²) in [5.41, 5.74) is 3.35. The SMILES string of the molecule is Cc1nn(C)cc1-c1cc(C(=O)N2CCCCC2c2ncc(Cc3ccc(Cl)cc3)o2)on1. The Morgan fingerprint density at radius 3 is 2.82 bits per heavy atom. The predicted octanol–water partition coefficient (Wildman–Crippen LogP) is 4.98. The van der Waals surface area contributed by atoms with Gasteiger partial charge in [0.15, 0.2) is 0 Å². The summed E-state index contributed by atoms with van der Waals surface area (Å²) in [5, 5.41) is 9.14. The van der Waals surface area contributed by atoms with Crippen LogP contribution in [0.3, 0.4) is 0 Å². The number of carbonyl (C=O) groups excluding carboxylic acids is 1. The highest BCUT2D eigenvalue weighted by Crippen LogP contribution is 2.33. The first-order valence-electron chi connectivity index (χ1n) is 11.0. The average molecular weight is 466 g/mol. The summed E-state index contributed by atoms with van der Waals surface area (Å²) in [5.74, 6) is 1.29. The monoisotopic (exact) mass is 465 g/mol. The molecule has 3 aromatic heterocycles. The molecular weight excluding hydrogens is 442 g/mol. The number of nitrogens with zero attached hydrogens (tertiary/aromatic N) is 5. The molecule has 1 fully saturated rings. The van der Waals surface area contributed by atoms with Gasteiger partial charge in [0.25, 0.3) is 5.91 Å². The van der Waals surface area contributed by atoms with Crippen LogP contribution in [0.2, 0.25) is 5.02 Å². The van der Waals surface area contributed by atoms with Gasteiger partial charge < -0.3 is 13.8 Å². The van der Waals surface area contributed by atoms with Crippen LogP contribution in [0.5, 0.6) is 0 Å². The van der Waals surface area contributed by atoms with Crippen LogP contribution in [0.25, 0.3) is 11.3 Å². The van der Waals surface area contributed by atoms with E-state index in [1.54, 1.807) is 21.8 Å². The molecule has 8 nitrogen and oxygen atoms in total. The smallest absolute Gasteiger partial charge is 0.293 e. The van der Waals surface area contributed by atoms with Gasteiger partial charge in [-0.05, 0) is 43.9 Å². The zero-order valence-electron chi connectivity index (χ0n) is 18.5. The van der Waals surface area contributed by atoms with Gasteiger partial charge in [-0.25, -0.2) is 4.98 Å². The van der Waals surface area contributed by atoms with E-state index in [0.29, 0.717) is 29.6 Å². The van der Waals surface area contributed by atoms with E-state index in [4.69, 9.17) is 20.5 Å². The van der Waals surface area contributed by atoms with Gasteiger partial charge >= 0.3 is 0 Å². The first kappa shape index (κ1) is 21.5. The Bertz CT molecular complexity index is 1270. The van der Waals surface area contributed by atoms with Gasteiger partial charge in [-0.15, -0.1) is 0 Å². The maximum atomic E-state index is 13.3. The Balaban J connectivity index is 1.35. The van der Waals surface area contributed by atoms with Gasteiger partial charge in [-0.2, -0.15) is 5.10 Å². The second-order valence-electron chi connectivity index (χ2n) is 8.36. The summed E-state index contributed by atoms with van der Waals surface area (Å²) in [7, 11) is 1.85. The highest BCUT2D eigenvalue weighted by molar-refractivity contribution is 6.30. The van der Waals surface area contributed by atoms with Gasteiger partial charge in [0, 0.05) is 42.9 Å². The Hall–Kier alpha value is -3.39. The molecule has 0 radical (unpaired) electrons. The Morgan fingerprint density at radius 2 is 2.06 bits per heavy atom. The van der Waals surface area contributed by atoms with Crippen LogP contribution >= 0.6 is 11.6 Å². The highest BCUT2D eigenvalue weighted by atomic mass is 35.5. The fourth-order valence-corrected chi connectivity index (χ4v) is 4.41. The zero-order valence-corrected chi connectivity index (χ0v) is 19.2. The van der Waals surface area contributed by atoms with Crippen molar-refractivity contribution in [1.29, 1.82) is 0 Å². The van der Waals surface area contributed by atoms with Crippen molar-refractivity contribution in [2.24, 2.45) is 7.05 Å². The first-order chi connectivity index (χ1) is 16.0. The largest absolute Gasteiger partial charge is 0.443 e. The van der Waals surface area contributed by atoms with E-state index >= 15 is 0 Å². The average Bonchev–Trinajstić information content (AvgIpc) is 3.55. The van der Waals surface area contributed by atoms with Crippen molar-refractivity contribution in [2.45, 2.75) is 38.6 Å². The molecule has 1 atom stereocenters. The maximum Gasteiger partial charge on any atom is 0.293 e. The van der Waals surface area contributed by atoms with E-state index in [0.717, 1.165) is 41.8 Å².